The Balaban J connectivity index is 2.22. The van der Waals surface area contributed by atoms with Crippen LogP contribution in [-0.4, -0.2) is 21.6 Å². The zero-order valence-corrected chi connectivity index (χ0v) is 16.0. The average Bonchev–Trinajstić information content (AvgIpc) is 2.99. The predicted octanol–water partition coefficient (Wildman–Crippen LogP) is 4.73. The SMILES string of the molecule is CCCOc1ccc(C(C)Cc2cn(CC)nn2)cc1C(C)(C)C. The van der Waals surface area contributed by atoms with Gasteiger partial charge in [0.05, 0.1) is 12.3 Å². The first-order valence-corrected chi connectivity index (χ1v) is 9.01. The van der Waals surface area contributed by atoms with Gasteiger partial charge in [0.2, 0.25) is 0 Å². The van der Waals surface area contributed by atoms with Crippen molar-refractivity contribution in [1.82, 2.24) is 15.0 Å². The largest absolute Gasteiger partial charge is 0.493 e. The number of hydrogen-bond acceptors (Lipinski definition) is 3. The Kier molecular flexibility index (Phi) is 6.03. The van der Waals surface area contributed by atoms with Crippen LogP contribution in [-0.2, 0) is 18.4 Å². The number of nitrogens with zero attached hydrogens (tertiary/aromatic N) is 3. The molecule has 4 nitrogen and oxygen atoms in total. The van der Waals surface area contributed by atoms with Crippen LogP contribution in [0.15, 0.2) is 24.4 Å². The van der Waals surface area contributed by atoms with E-state index in [0.29, 0.717) is 5.92 Å². The monoisotopic (exact) mass is 329 g/mol. The van der Waals surface area contributed by atoms with Crippen LogP contribution in [0.2, 0.25) is 0 Å². The molecule has 1 unspecified atom stereocenters. The molecule has 0 bridgehead atoms. The van der Waals surface area contributed by atoms with Gasteiger partial charge in [-0.2, -0.15) is 0 Å². The molecule has 0 saturated carbocycles. The molecule has 0 N–H and O–H groups in total. The Morgan fingerprint density at radius 3 is 2.54 bits per heavy atom. The van der Waals surface area contributed by atoms with Crippen molar-refractivity contribution < 1.29 is 4.74 Å². The molecular weight excluding hydrogens is 298 g/mol. The van der Waals surface area contributed by atoms with Crippen molar-refractivity contribution in [2.75, 3.05) is 6.61 Å². The maximum absolute atomic E-state index is 5.96. The van der Waals surface area contributed by atoms with Crippen LogP contribution in [0.25, 0.3) is 0 Å². The lowest BCUT2D eigenvalue weighted by atomic mass is 9.83. The lowest BCUT2D eigenvalue weighted by molar-refractivity contribution is 0.308. The Morgan fingerprint density at radius 1 is 1.21 bits per heavy atom. The Hall–Kier alpha value is -1.84. The lowest BCUT2D eigenvalue weighted by Crippen LogP contribution is -2.15. The maximum Gasteiger partial charge on any atom is 0.123 e. The third-order valence-electron chi connectivity index (χ3n) is 4.27. The molecule has 0 aliphatic heterocycles. The summed E-state index contributed by atoms with van der Waals surface area (Å²) < 4.78 is 7.84. The summed E-state index contributed by atoms with van der Waals surface area (Å²) in [6.45, 7) is 14.8. The molecule has 0 radical (unpaired) electrons. The molecule has 0 saturated heterocycles. The van der Waals surface area contributed by atoms with Gasteiger partial charge in [-0.25, -0.2) is 0 Å². The van der Waals surface area contributed by atoms with Gasteiger partial charge in [0, 0.05) is 12.7 Å². The fourth-order valence-electron chi connectivity index (χ4n) is 2.80. The van der Waals surface area contributed by atoms with Gasteiger partial charge in [-0.3, -0.25) is 4.68 Å². The standard InChI is InChI=1S/C20H31N3O/c1-7-11-24-19-10-9-16(13-18(19)20(4,5)6)15(3)12-17-14-23(8-2)22-21-17/h9-10,13-15H,7-8,11-12H2,1-6H3. The predicted molar refractivity (Wildman–Crippen MR) is 98.7 cm³/mol. The second kappa shape index (κ2) is 7.82. The van der Waals surface area contributed by atoms with E-state index in [1.807, 2.05) is 10.9 Å². The molecule has 24 heavy (non-hydrogen) atoms. The summed E-state index contributed by atoms with van der Waals surface area (Å²) in [7, 11) is 0. The quantitative estimate of drug-likeness (QED) is 0.737. The molecular formula is C20H31N3O. The summed E-state index contributed by atoms with van der Waals surface area (Å²) in [4.78, 5) is 0. The highest BCUT2D eigenvalue weighted by Gasteiger charge is 2.21. The highest BCUT2D eigenvalue weighted by Crippen LogP contribution is 2.34. The van der Waals surface area contributed by atoms with Crippen LogP contribution < -0.4 is 4.74 Å². The normalized spacial score (nSPS) is 13.1. The van der Waals surface area contributed by atoms with Crippen molar-refractivity contribution in [3.8, 4) is 5.75 Å². The van der Waals surface area contributed by atoms with Crippen LogP contribution in [0.4, 0.5) is 0 Å². The zero-order chi connectivity index (χ0) is 17.7. The average molecular weight is 329 g/mol. The van der Waals surface area contributed by atoms with Crippen LogP contribution in [0.1, 0.15) is 70.7 Å². The molecule has 1 aromatic carbocycles. The first kappa shape index (κ1) is 18.5. The van der Waals surface area contributed by atoms with Gasteiger partial charge in [-0.15, -0.1) is 5.10 Å². The van der Waals surface area contributed by atoms with Crippen molar-refractivity contribution >= 4 is 0 Å². The Bertz CT molecular complexity index is 655. The maximum atomic E-state index is 5.96. The summed E-state index contributed by atoms with van der Waals surface area (Å²) >= 11 is 0. The van der Waals surface area contributed by atoms with E-state index in [2.05, 4.69) is 70.1 Å². The minimum Gasteiger partial charge on any atom is -0.493 e. The van der Waals surface area contributed by atoms with Crippen molar-refractivity contribution in [2.24, 2.45) is 0 Å². The van der Waals surface area contributed by atoms with Crippen LogP contribution in [0.3, 0.4) is 0 Å². The number of aromatic nitrogens is 3. The summed E-state index contributed by atoms with van der Waals surface area (Å²) in [5, 5.41) is 8.40. The van der Waals surface area contributed by atoms with E-state index < -0.39 is 0 Å². The molecule has 0 fully saturated rings. The van der Waals surface area contributed by atoms with Gasteiger partial charge in [-0.1, -0.05) is 52.0 Å². The molecule has 1 aromatic heterocycles. The lowest BCUT2D eigenvalue weighted by Gasteiger charge is -2.25. The van der Waals surface area contributed by atoms with Crippen molar-refractivity contribution in [2.45, 2.75) is 72.3 Å². The van der Waals surface area contributed by atoms with Crippen molar-refractivity contribution in [1.29, 1.82) is 0 Å². The summed E-state index contributed by atoms with van der Waals surface area (Å²) in [5.74, 6) is 1.41. The number of hydrogen-bond donors (Lipinski definition) is 0. The molecule has 0 spiro atoms. The topological polar surface area (TPSA) is 39.9 Å². The van der Waals surface area contributed by atoms with E-state index in [1.165, 1.54) is 11.1 Å². The zero-order valence-electron chi connectivity index (χ0n) is 16.0. The number of benzene rings is 1. The van der Waals surface area contributed by atoms with E-state index in [-0.39, 0.29) is 5.41 Å². The van der Waals surface area contributed by atoms with E-state index in [4.69, 9.17) is 4.74 Å². The molecule has 132 valence electrons. The Morgan fingerprint density at radius 2 is 1.96 bits per heavy atom. The van der Waals surface area contributed by atoms with Crippen LogP contribution in [0.5, 0.6) is 5.75 Å². The van der Waals surface area contributed by atoms with E-state index >= 15 is 0 Å². The Labute approximate surface area is 146 Å². The summed E-state index contributed by atoms with van der Waals surface area (Å²) in [6, 6.07) is 6.63. The molecule has 2 aromatic rings. The van der Waals surface area contributed by atoms with E-state index in [9.17, 15) is 0 Å². The molecule has 1 atom stereocenters. The molecule has 0 aliphatic carbocycles. The van der Waals surface area contributed by atoms with Crippen molar-refractivity contribution in [3.63, 3.8) is 0 Å². The van der Waals surface area contributed by atoms with Gasteiger partial charge in [0.15, 0.2) is 0 Å². The van der Waals surface area contributed by atoms with Crippen molar-refractivity contribution in [3.05, 3.63) is 41.2 Å². The first-order valence-electron chi connectivity index (χ1n) is 9.01. The highest BCUT2D eigenvalue weighted by molar-refractivity contribution is 5.42. The van der Waals surface area contributed by atoms with Gasteiger partial charge < -0.3 is 4.74 Å². The van der Waals surface area contributed by atoms with Gasteiger partial charge in [0.25, 0.3) is 0 Å². The minimum atomic E-state index is 0.0597. The minimum absolute atomic E-state index is 0.0597. The molecule has 4 heteroatoms. The summed E-state index contributed by atoms with van der Waals surface area (Å²) in [5.41, 5.74) is 3.71. The molecule has 0 aliphatic rings. The number of rotatable bonds is 7. The van der Waals surface area contributed by atoms with E-state index in [1.54, 1.807) is 0 Å². The third kappa shape index (κ3) is 4.59. The molecule has 0 amide bonds. The summed E-state index contributed by atoms with van der Waals surface area (Å²) in [6.07, 6.45) is 3.97. The molecule has 1 heterocycles. The van der Waals surface area contributed by atoms with Crippen LogP contribution in [0, 0.1) is 0 Å². The second-order valence-corrected chi connectivity index (χ2v) is 7.52. The number of aryl methyl sites for hydroxylation is 1. The smallest absolute Gasteiger partial charge is 0.123 e. The second-order valence-electron chi connectivity index (χ2n) is 7.52. The van der Waals surface area contributed by atoms with Crippen LogP contribution >= 0.6 is 0 Å². The first-order chi connectivity index (χ1) is 11.3. The van der Waals surface area contributed by atoms with Gasteiger partial charge in [0.1, 0.15) is 5.75 Å². The fourth-order valence-corrected chi connectivity index (χ4v) is 2.80. The van der Waals surface area contributed by atoms with E-state index in [0.717, 1.165) is 37.4 Å². The molecule has 2 rings (SSSR count). The van der Waals surface area contributed by atoms with Gasteiger partial charge in [-0.05, 0) is 48.3 Å². The fraction of sp³-hybridized carbons (Fsp3) is 0.600. The number of ether oxygens (including phenoxy) is 1. The highest BCUT2D eigenvalue weighted by atomic mass is 16.5. The van der Waals surface area contributed by atoms with Gasteiger partial charge >= 0.3 is 0 Å². The third-order valence-corrected chi connectivity index (χ3v) is 4.27.